The number of anilines is 2. The van der Waals surface area contributed by atoms with Crippen molar-refractivity contribution in [3.8, 4) is 0 Å². The van der Waals surface area contributed by atoms with Crippen LogP contribution in [0.3, 0.4) is 0 Å². The summed E-state index contributed by atoms with van der Waals surface area (Å²) in [7, 11) is -2.56. The Hall–Kier alpha value is -2.39. The number of hydrogen-bond acceptors (Lipinski definition) is 4. The first kappa shape index (κ1) is 14.0. The smallest absolute Gasteiger partial charge is 0.308 e. The Bertz CT molecular complexity index is 721. The van der Waals surface area contributed by atoms with Crippen molar-refractivity contribution >= 4 is 27.7 Å². The number of aromatic nitrogens is 2. The van der Waals surface area contributed by atoms with Crippen molar-refractivity contribution < 1.29 is 17.8 Å². The maximum absolute atomic E-state index is 11.7. The molecule has 0 saturated heterocycles. The van der Waals surface area contributed by atoms with E-state index in [2.05, 4.69) is 15.7 Å². The number of hydrogen-bond donors (Lipinski definition) is 3. The lowest BCUT2D eigenvalue weighted by Gasteiger charge is -2.07. The van der Waals surface area contributed by atoms with E-state index < -0.39 is 16.1 Å². The summed E-state index contributed by atoms with van der Waals surface area (Å²) >= 11 is 0. The summed E-state index contributed by atoms with van der Waals surface area (Å²) in [6, 6.07) is 6.25. The van der Waals surface area contributed by atoms with Crippen molar-refractivity contribution in [3.63, 3.8) is 0 Å². The molecule has 1 heterocycles. The van der Waals surface area contributed by atoms with E-state index in [9.17, 15) is 13.2 Å². The minimum absolute atomic E-state index is 0.241. The van der Waals surface area contributed by atoms with Gasteiger partial charge >= 0.3 is 6.03 Å². The van der Waals surface area contributed by atoms with Gasteiger partial charge in [0.05, 0.1) is 11.1 Å². The lowest BCUT2D eigenvalue weighted by atomic mass is 10.3. The molecule has 0 aliphatic heterocycles. The number of nitrogens with zero attached hydrogens (tertiary/aromatic N) is 2. The van der Waals surface area contributed by atoms with Crippen LogP contribution in [0.15, 0.2) is 41.4 Å². The third kappa shape index (κ3) is 3.33. The minimum atomic E-state index is -4.23. The van der Waals surface area contributed by atoms with Crippen LogP contribution in [0.5, 0.6) is 0 Å². The number of carbonyl (C=O) groups excluding carboxylic acids is 1. The summed E-state index contributed by atoms with van der Waals surface area (Å²) in [6.45, 7) is 0. The topological polar surface area (TPSA) is 113 Å². The molecule has 0 aliphatic rings. The SMILES string of the molecule is Cn1nccc1NC(=O)Nc1ccc(S(=O)(=O)O)cc1. The molecule has 2 amide bonds. The minimum Gasteiger partial charge on any atom is -0.308 e. The third-order valence-corrected chi connectivity index (χ3v) is 3.34. The molecule has 0 aliphatic carbocycles. The van der Waals surface area contributed by atoms with Gasteiger partial charge < -0.3 is 5.32 Å². The van der Waals surface area contributed by atoms with Crippen molar-refractivity contribution in [2.45, 2.75) is 4.90 Å². The molecule has 3 N–H and O–H groups in total. The third-order valence-electron chi connectivity index (χ3n) is 2.47. The number of carbonyl (C=O) groups is 1. The van der Waals surface area contributed by atoms with E-state index in [1.807, 2.05) is 0 Å². The molecule has 2 rings (SSSR count). The highest BCUT2D eigenvalue weighted by atomic mass is 32.2. The van der Waals surface area contributed by atoms with E-state index in [0.717, 1.165) is 0 Å². The zero-order valence-corrected chi connectivity index (χ0v) is 11.3. The summed E-state index contributed by atoms with van der Waals surface area (Å²) in [5.41, 5.74) is 0.386. The van der Waals surface area contributed by atoms with Gasteiger partial charge in [0.25, 0.3) is 10.1 Å². The molecule has 0 radical (unpaired) electrons. The molecule has 0 fully saturated rings. The first-order valence-electron chi connectivity index (χ1n) is 5.50. The Morgan fingerprint density at radius 3 is 2.35 bits per heavy atom. The van der Waals surface area contributed by atoms with E-state index >= 15 is 0 Å². The van der Waals surface area contributed by atoms with Crippen LogP contribution in [0.4, 0.5) is 16.3 Å². The molecule has 20 heavy (non-hydrogen) atoms. The largest absolute Gasteiger partial charge is 0.324 e. The van der Waals surface area contributed by atoms with Crippen molar-refractivity contribution in [1.29, 1.82) is 0 Å². The molecule has 106 valence electrons. The molecular weight excluding hydrogens is 284 g/mol. The fraction of sp³-hybridized carbons (Fsp3) is 0.0909. The second kappa shape index (κ2) is 5.31. The van der Waals surface area contributed by atoms with E-state index in [0.29, 0.717) is 11.5 Å². The highest BCUT2D eigenvalue weighted by Gasteiger charge is 2.10. The van der Waals surface area contributed by atoms with Gasteiger partial charge in [-0.15, -0.1) is 0 Å². The fourth-order valence-corrected chi connectivity index (χ4v) is 1.97. The second-order valence-electron chi connectivity index (χ2n) is 3.92. The van der Waals surface area contributed by atoms with Gasteiger partial charge in [0, 0.05) is 18.8 Å². The van der Waals surface area contributed by atoms with Crippen LogP contribution in [0.1, 0.15) is 0 Å². The number of rotatable bonds is 3. The van der Waals surface area contributed by atoms with Crippen LogP contribution < -0.4 is 10.6 Å². The number of nitrogens with one attached hydrogen (secondary N) is 2. The van der Waals surface area contributed by atoms with Gasteiger partial charge in [0.2, 0.25) is 0 Å². The van der Waals surface area contributed by atoms with Crippen LogP contribution in [0.25, 0.3) is 0 Å². The number of benzene rings is 1. The Morgan fingerprint density at radius 1 is 1.20 bits per heavy atom. The van der Waals surface area contributed by atoms with Gasteiger partial charge in [-0.25, -0.2) is 4.79 Å². The highest BCUT2D eigenvalue weighted by Crippen LogP contribution is 2.14. The van der Waals surface area contributed by atoms with E-state index in [1.54, 1.807) is 13.1 Å². The Kier molecular flexibility index (Phi) is 3.72. The van der Waals surface area contributed by atoms with Crippen molar-refractivity contribution in [1.82, 2.24) is 9.78 Å². The van der Waals surface area contributed by atoms with Crippen molar-refractivity contribution in [3.05, 3.63) is 36.5 Å². The molecule has 0 unspecified atom stereocenters. The normalized spacial score (nSPS) is 11.1. The number of aryl methyl sites for hydroxylation is 1. The van der Waals surface area contributed by atoms with Crippen LogP contribution in [0, 0.1) is 0 Å². The lowest BCUT2D eigenvalue weighted by Crippen LogP contribution is -2.21. The Labute approximate surface area is 115 Å². The van der Waals surface area contributed by atoms with E-state index in [4.69, 9.17) is 4.55 Å². The highest BCUT2D eigenvalue weighted by molar-refractivity contribution is 7.85. The Morgan fingerprint density at radius 2 is 1.85 bits per heavy atom. The van der Waals surface area contributed by atoms with Crippen LogP contribution in [0.2, 0.25) is 0 Å². The zero-order valence-electron chi connectivity index (χ0n) is 10.4. The maximum atomic E-state index is 11.7. The van der Waals surface area contributed by atoms with Gasteiger partial charge in [-0.3, -0.25) is 14.6 Å². The molecular formula is C11H12N4O4S. The molecule has 8 nitrogen and oxygen atoms in total. The number of urea groups is 1. The molecule has 1 aromatic heterocycles. The van der Waals surface area contributed by atoms with Gasteiger partial charge in [-0.05, 0) is 24.3 Å². The van der Waals surface area contributed by atoms with Crippen LogP contribution >= 0.6 is 0 Å². The fourth-order valence-electron chi connectivity index (χ4n) is 1.49. The summed E-state index contributed by atoms with van der Waals surface area (Å²) in [4.78, 5) is 11.4. The molecule has 1 aromatic carbocycles. The van der Waals surface area contributed by atoms with Crippen LogP contribution in [-0.4, -0.2) is 28.8 Å². The van der Waals surface area contributed by atoms with Crippen molar-refractivity contribution in [2.75, 3.05) is 10.6 Å². The summed E-state index contributed by atoms with van der Waals surface area (Å²) in [6.07, 6.45) is 1.54. The average molecular weight is 296 g/mol. The summed E-state index contributed by atoms with van der Waals surface area (Å²) in [5.74, 6) is 0.511. The lowest BCUT2D eigenvalue weighted by molar-refractivity contribution is 0.262. The van der Waals surface area contributed by atoms with Gasteiger partial charge in [0.15, 0.2) is 0 Å². The molecule has 2 aromatic rings. The quantitative estimate of drug-likeness (QED) is 0.739. The predicted molar refractivity (Wildman–Crippen MR) is 72.1 cm³/mol. The first-order valence-corrected chi connectivity index (χ1v) is 6.94. The molecule has 0 saturated carbocycles. The first-order chi connectivity index (χ1) is 9.36. The van der Waals surface area contributed by atoms with Crippen molar-refractivity contribution in [2.24, 2.45) is 7.05 Å². The second-order valence-corrected chi connectivity index (χ2v) is 5.34. The molecule has 0 spiro atoms. The maximum Gasteiger partial charge on any atom is 0.324 e. The van der Waals surface area contributed by atoms with Gasteiger partial charge in [0.1, 0.15) is 5.82 Å². The molecule has 0 bridgehead atoms. The monoisotopic (exact) mass is 296 g/mol. The predicted octanol–water partition coefficient (Wildman–Crippen LogP) is 1.31. The van der Waals surface area contributed by atoms with E-state index in [1.165, 1.54) is 35.1 Å². The van der Waals surface area contributed by atoms with Gasteiger partial charge in [-0.1, -0.05) is 0 Å². The van der Waals surface area contributed by atoms with E-state index in [-0.39, 0.29) is 4.90 Å². The number of amides is 2. The Balaban J connectivity index is 2.03. The standard InChI is InChI=1S/C11H12N4O4S/c1-15-10(6-7-12-15)14-11(16)13-8-2-4-9(5-3-8)20(17,18)19/h2-7H,1H3,(H2,13,14,16)(H,17,18,19). The molecule has 9 heteroatoms. The molecule has 0 atom stereocenters. The van der Waals surface area contributed by atoms with Crippen LogP contribution in [-0.2, 0) is 17.2 Å². The summed E-state index contributed by atoms with van der Waals surface area (Å²) < 4.78 is 32.0. The average Bonchev–Trinajstić information content (AvgIpc) is 2.74. The van der Waals surface area contributed by atoms with Gasteiger partial charge in [-0.2, -0.15) is 13.5 Å². The zero-order chi connectivity index (χ0) is 14.8. The summed E-state index contributed by atoms with van der Waals surface area (Å²) in [5, 5.41) is 8.98.